The highest BCUT2D eigenvalue weighted by atomic mass is 19.3. The molecule has 0 radical (unpaired) electrons. The number of aromatic nitrogens is 3. The number of ether oxygens (including phenoxy) is 1. The van der Waals surface area contributed by atoms with Crippen LogP contribution >= 0.6 is 0 Å². The molecule has 162 valence electrons. The van der Waals surface area contributed by atoms with Crippen molar-refractivity contribution < 1.29 is 23.1 Å². The summed E-state index contributed by atoms with van der Waals surface area (Å²) in [5.74, 6) is -3.70. The van der Waals surface area contributed by atoms with E-state index >= 15 is 0 Å². The fourth-order valence-electron chi connectivity index (χ4n) is 3.46. The number of nitrogens with zero attached hydrogens (tertiary/aromatic N) is 4. The van der Waals surface area contributed by atoms with Crippen molar-refractivity contribution in [3.05, 3.63) is 47.8 Å². The zero-order chi connectivity index (χ0) is 21.6. The highest BCUT2D eigenvalue weighted by molar-refractivity contribution is 5.91. The van der Waals surface area contributed by atoms with Crippen LogP contribution in [0.3, 0.4) is 0 Å². The number of likely N-dealkylation sites (tertiary alicyclic amines) is 1. The zero-order valence-corrected chi connectivity index (χ0v) is 16.8. The van der Waals surface area contributed by atoms with E-state index in [-0.39, 0.29) is 24.6 Å². The summed E-state index contributed by atoms with van der Waals surface area (Å²) in [6, 6.07) is 8.72. The summed E-state index contributed by atoms with van der Waals surface area (Å²) in [5, 5.41) is 10.3. The number of methoxy groups -OCH3 is 1. The molecule has 0 aliphatic carbocycles. The molecule has 2 aromatic rings. The topological polar surface area (TPSA) is 89.4 Å². The van der Waals surface area contributed by atoms with E-state index in [0.717, 1.165) is 5.56 Å². The smallest absolute Gasteiger partial charge is 0.273 e. The third-order valence-corrected chi connectivity index (χ3v) is 4.93. The van der Waals surface area contributed by atoms with Crippen molar-refractivity contribution in [2.45, 2.75) is 37.8 Å². The molecule has 1 N–H and O–H groups in total. The SMILES string of the molecule is COCCNC(=O)c1cn(C[C@@H]2CC(F)(F)CN2C(=O)CCc2ccccc2)nn1. The molecular weight excluding hydrogens is 396 g/mol. The van der Waals surface area contributed by atoms with Crippen LogP contribution in [0.15, 0.2) is 36.5 Å². The molecule has 8 nitrogen and oxygen atoms in total. The van der Waals surface area contributed by atoms with Gasteiger partial charge in [-0.25, -0.2) is 13.5 Å². The monoisotopic (exact) mass is 421 g/mol. The van der Waals surface area contributed by atoms with Gasteiger partial charge >= 0.3 is 0 Å². The van der Waals surface area contributed by atoms with Gasteiger partial charge in [-0.2, -0.15) is 0 Å². The lowest BCUT2D eigenvalue weighted by atomic mass is 10.1. The maximum Gasteiger partial charge on any atom is 0.273 e. The molecule has 0 spiro atoms. The molecule has 10 heteroatoms. The van der Waals surface area contributed by atoms with Gasteiger partial charge in [-0.3, -0.25) is 9.59 Å². The van der Waals surface area contributed by atoms with E-state index < -0.39 is 30.8 Å². The summed E-state index contributed by atoms with van der Waals surface area (Å²) in [5.41, 5.74) is 1.06. The number of benzene rings is 1. The van der Waals surface area contributed by atoms with Gasteiger partial charge in [-0.05, 0) is 12.0 Å². The number of halogens is 2. The largest absolute Gasteiger partial charge is 0.383 e. The number of carbonyl (C=O) groups is 2. The van der Waals surface area contributed by atoms with Crippen LogP contribution in [0.1, 0.15) is 28.9 Å². The Morgan fingerprint density at radius 3 is 2.80 bits per heavy atom. The fourth-order valence-corrected chi connectivity index (χ4v) is 3.46. The maximum atomic E-state index is 14.1. The van der Waals surface area contributed by atoms with Gasteiger partial charge in [0.05, 0.1) is 31.9 Å². The molecule has 1 atom stereocenters. The first kappa shape index (κ1) is 21.8. The van der Waals surface area contributed by atoms with Crippen LogP contribution < -0.4 is 5.32 Å². The molecule has 2 amide bonds. The number of hydrogen-bond acceptors (Lipinski definition) is 5. The van der Waals surface area contributed by atoms with E-state index in [0.29, 0.717) is 19.6 Å². The van der Waals surface area contributed by atoms with Gasteiger partial charge in [-0.1, -0.05) is 35.5 Å². The predicted molar refractivity (Wildman–Crippen MR) is 104 cm³/mol. The van der Waals surface area contributed by atoms with Gasteiger partial charge in [0.25, 0.3) is 11.8 Å². The first-order chi connectivity index (χ1) is 14.4. The summed E-state index contributed by atoms with van der Waals surface area (Å²) in [6.07, 6.45) is 1.59. The summed E-state index contributed by atoms with van der Waals surface area (Å²) < 4.78 is 34.3. The standard InChI is InChI=1S/C20H25F2N5O3/c1-30-10-9-23-19(29)17-13-26(25-24-17)12-16-11-20(21,22)14-27(16)18(28)8-7-15-5-3-2-4-6-15/h2-6,13,16H,7-12,14H2,1H3,(H,23,29)/t16-/m0/s1. The molecule has 2 heterocycles. The molecule has 1 saturated heterocycles. The van der Waals surface area contributed by atoms with Gasteiger partial charge in [0.1, 0.15) is 0 Å². The van der Waals surface area contributed by atoms with Crippen LogP contribution in [0.5, 0.6) is 0 Å². The quantitative estimate of drug-likeness (QED) is 0.621. The maximum absolute atomic E-state index is 14.1. The second kappa shape index (κ2) is 9.75. The Morgan fingerprint density at radius 1 is 1.30 bits per heavy atom. The predicted octanol–water partition coefficient (Wildman–Crippen LogP) is 1.52. The summed E-state index contributed by atoms with van der Waals surface area (Å²) in [6.45, 7) is 0.118. The third-order valence-electron chi connectivity index (χ3n) is 4.93. The lowest BCUT2D eigenvalue weighted by Crippen LogP contribution is -2.39. The van der Waals surface area contributed by atoms with E-state index in [1.165, 1.54) is 22.9 Å². The molecule has 1 aliphatic heterocycles. The van der Waals surface area contributed by atoms with Crippen molar-refractivity contribution in [3.63, 3.8) is 0 Å². The van der Waals surface area contributed by atoms with Crippen molar-refractivity contribution in [3.8, 4) is 0 Å². The van der Waals surface area contributed by atoms with E-state index in [1.807, 2.05) is 30.3 Å². The molecule has 1 fully saturated rings. The van der Waals surface area contributed by atoms with Gasteiger partial charge in [0.2, 0.25) is 5.91 Å². The molecule has 30 heavy (non-hydrogen) atoms. The highest BCUT2D eigenvalue weighted by Crippen LogP contribution is 2.33. The molecule has 0 saturated carbocycles. The van der Waals surface area contributed by atoms with Gasteiger partial charge in [-0.15, -0.1) is 5.10 Å². The molecule has 0 bridgehead atoms. The minimum absolute atomic E-state index is 0.0466. The van der Waals surface area contributed by atoms with E-state index in [2.05, 4.69) is 15.6 Å². The Hall–Kier alpha value is -2.88. The first-order valence-electron chi connectivity index (χ1n) is 9.76. The van der Waals surface area contributed by atoms with Gasteiger partial charge < -0.3 is 15.0 Å². The Balaban J connectivity index is 1.60. The normalized spacial score (nSPS) is 17.8. The minimum Gasteiger partial charge on any atom is -0.383 e. The number of hydrogen-bond donors (Lipinski definition) is 1. The molecular formula is C20H25F2N5O3. The van der Waals surface area contributed by atoms with E-state index in [1.54, 1.807) is 0 Å². The minimum atomic E-state index is -2.95. The highest BCUT2D eigenvalue weighted by Gasteiger charge is 2.46. The lowest BCUT2D eigenvalue weighted by Gasteiger charge is -2.23. The average molecular weight is 421 g/mol. The number of rotatable bonds is 9. The number of amides is 2. The number of alkyl halides is 2. The average Bonchev–Trinajstić information content (AvgIpc) is 3.31. The van der Waals surface area contributed by atoms with Crippen LogP contribution in [-0.2, 0) is 22.5 Å². The van der Waals surface area contributed by atoms with Crippen molar-refractivity contribution in [1.82, 2.24) is 25.2 Å². The van der Waals surface area contributed by atoms with Crippen LogP contribution in [0, 0.1) is 0 Å². The molecule has 0 unspecified atom stereocenters. The zero-order valence-electron chi connectivity index (χ0n) is 16.8. The van der Waals surface area contributed by atoms with Crippen LogP contribution in [0.2, 0.25) is 0 Å². The van der Waals surface area contributed by atoms with Crippen LogP contribution in [0.4, 0.5) is 8.78 Å². The van der Waals surface area contributed by atoms with E-state index in [4.69, 9.17) is 4.74 Å². The summed E-state index contributed by atoms with van der Waals surface area (Å²) >= 11 is 0. The Labute approximate surface area is 173 Å². The second-order valence-corrected chi connectivity index (χ2v) is 7.30. The number of carbonyl (C=O) groups excluding carboxylic acids is 2. The Morgan fingerprint density at radius 2 is 2.07 bits per heavy atom. The first-order valence-corrected chi connectivity index (χ1v) is 9.76. The van der Waals surface area contributed by atoms with Gasteiger partial charge in [0.15, 0.2) is 5.69 Å². The van der Waals surface area contributed by atoms with Gasteiger partial charge in [0, 0.05) is 26.5 Å². The van der Waals surface area contributed by atoms with Crippen LogP contribution in [-0.4, -0.2) is 70.5 Å². The van der Waals surface area contributed by atoms with E-state index in [9.17, 15) is 18.4 Å². The third kappa shape index (κ3) is 5.82. The fraction of sp³-hybridized carbons (Fsp3) is 0.500. The summed E-state index contributed by atoms with van der Waals surface area (Å²) in [7, 11) is 1.52. The van der Waals surface area contributed by atoms with Crippen molar-refractivity contribution >= 4 is 11.8 Å². The molecule has 1 aliphatic rings. The summed E-state index contributed by atoms with van der Waals surface area (Å²) in [4.78, 5) is 25.9. The number of aryl methyl sites for hydroxylation is 1. The Kier molecular flexibility index (Phi) is 7.09. The van der Waals surface area contributed by atoms with Crippen molar-refractivity contribution in [2.24, 2.45) is 0 Å². The van der Waals surface area contributed by atoms with Crippen LogP contribution in [0.25, 0.3) is 0 Å². The number of nitrogens with one attached hydrogen (secondary N) is 1. The molecule has 1 aromatic heterocycles. The molecule has 3 rings (SSSR count). The molecule has 1 aromatic carbocycles. The lowest BCUT2D eigenvalue weighted by molar-refractivity contribution is -0.133. The Bertz CT molecular complexity index is 859. The second-order valence-electron chi connectivity index (χ2n) is 7.30. The van der Waals surface area contributed by atoms with Crippen molar-refractivity contribution in [1.29, 1.82) is 0 Å². The van der Waals surface area contributed by atoms with Crippen molar-refractivity contribution in [2.75, 3.05) is 26.8 Å².